The highest BCUT2D eigenvalue weighted by Crippen LogP contribution is 2.33. The summed E-state index contributed by atoms with van der Waals surface area (Å²) in [6, 6.07) is 8.71. The van der Waals surface area contributed by atoms with Crippen molar-refractivity contribution in [2.24, 2.45) is 0 Å². The lowest BCUT2D eigenvalue weighted by atomic mass is 10.0. The predicted molar refractivity (Wildman–Crippen MR) is 128 cm³/mol. The summed E-state index contributed by atoms with van der Waals surface area (Å²) in [7, 11) is -3.64. The van der Waals surface area contributed by atoms with Crippen LogP contribution in [0, 0.1) is 0 Å². The first-order valence-corrected chi connectivity index (χ1v) is 12.8. The fourth-order valence-corrected chi connectivity index (χ4v) is 4.63. The molecule has 1 fully saturated rings. The molecule has 3 aromatic heterocycles. The van der Waals surface area contributed by atoms with Crippen LogP contribution in [0.15, 0.2) is 41.7 Å². The van der Waals surface area contributed by atoms with Gasteiger partial charge < -0.3 is 15.5 Å². The molecule has 0 bridgehead atoms. The Balaban J connectivity index is 1.62. The van der Waals surface area contributed by atoms with Gasteiger partial charge in [0.2, 0.25) is 21.7 Å². The third kappa shape index (κ3) is 4.10. The number of rotatable bonds is 5. The molecular formula is C21H21ClN8O3S. The Kier molecular flexibility index (Phi) is 5.48. The zero-order valence-corrected chi connectivity index (χ0v) is 19.9. The number of hydrogen-bond donors (Lipinski definition) is 2. The SMILES string of the molecule is C[C@H](Nc1nc(S(C)(=O)=O)nc2ccnn12)c1cc2cccc(Cl)c2nc1N1CCNC(=O)C1. The van der Waals surface area contributed by atoms with E-state index in [1.165, 1.54) is 10.7 Å². The molecule has 4 aromatic rings. The minimum absolute atomic E-state index is 0.0919. The molecule has 176 valence electrons. The first kappa shape index (κ1) is 22.3. The normalized spacial score (nSPS) is 15.5. The van der Waals surface area contributed by atoms with Crippen molar-refractivity contribution in [3.63, 3.8) is 0 Å². The third-order valence-electron chi connectivity index (χ3n) is 5.52. The standard InChI is InChI=1S/C21H21ClN8O3S/c1-12(25-20-28-21(34(2,32)33)26-16-6-7-24-30(16)20)14-10-13-4-3-5-15(22)18(13)27-19(14)29-9-8-23-17(31)11-29/h3-7,10,12H,8-9,11H2,1-2H3,(H,23,31)(H,25,26,28)/t12-/m0/s1. The maximum atomic E-state index is 12.1. The molecule has 11 nitrogen and oxygen atoms in total. The Morgan fingerprint density at radius 1 is 1.21 bits per heavy atom. The number of aromatic nitrogens is 5. The van der Waals surface area contributed by atoms with Gasteiger partial charge in [-0.25, -0.2) is 13.4 Å². The second kappa shape index (κ2) is 8.37. The fraction of sp³-hybridized carbons (Fsp3) is 0.286. The fourth-order valence-electron chi connectivity index (χ4n) is 3.90. The molecule has 1 atom stereocenters. The van der Waals surface area contributed by atoms with Gasteiger partial charge in [-0.2, -0.15) is 19.6 Å². The van der Waals surface area contributed by atoms with E-state index in [1.54, 1.807) is 12.1 Å². The Bertz CT molecular complexity index is 1540. The van der Waals surface area contributed by atoms with Gasteiger partial charge in [0.1, 0.15) is 5.82 Å². The van der Waals surface area contributed by atoms with Gasteiger partial charge in [0.05, 0.1) is 29.3 Å². The highest BCUT2D eigenvalue weighted by Gasteiger charge is 2.25. The number of para-hydroxylation sites is 1. The van der Waals surface area contributed by atoms with Crippen LogP contribution in [-0.4, -0.2) is 64.8 Å². The van der Waals surface area contributed by atoms with Gasteiger partial charge in [0, 0.05) is 36.4 Å². The second-order valence-electron chi connectivity index (χ2n) is 8.05. The van der Waals surface area contributed by atoms with Crippen LogP contribution in [-0.2, 0) is 14.6 Å². The second-order valence-corrected chi connectivity index (χ2v) is 10.4. The quantitative estimate of drug-likeness (QED) is 0.420. The van der Waals surface area contributed by atoms with E-state index in [0.717, 1.165) is 17.2 Å². The number of nitrogens with one attached hydrogen (secondary N) is 2. The summed E-state index contributed by atoms with van der Waals surface area (Å²) in [6.07, 6.45) is 2.57. The van der Waals surface area contributed by atoms with Gasteiger partial charge in [0.15, 0.2) is 5.65 Å². The van der Waals surface area contributed by atoms with Crippen LogP contribution in [0.4, 0.5) is 11.8 Å². The Hall–Kier alpha value is -3.51. The topological polar surface area (TPSA) is 134 Å². The van der Waals surface area contributed by atoms with E-state index in [4.69, 9.17) is 16.6 Å². The zero-order chi connectivity index (χ0) is 24.0. The first-order chi connectivity index (χ1) is 16.2. The molecule has 1 aliphatic heterocycles. The summed E-state index contributed by atoms with van der Waals surface area (Å²) in [4.78, 5) is 27.1. The zero-order valence-electron chi connectivity index (χ0n) is 18.4. The van der Waals surface area contributed by atoms with Crippen LogP contribution >= 0.6 is 11.6 Å². The van der Waals surface area contributed by atoms with E-state index < -0.39 is 9.84 Å². The van der Waals surface area contributed by atoms with Crippen LogP contribution in [0.1, 0.15) is 18.5 Å². The molecule has 1 amide bonds. The maximum absolute atomic E-state index is 12.1. The van der Waals surface area contributed by atoms with E-state index in [0.29, 0.717) is 35.1 Å². The molecule has 13 heteroatoms. The number of hydrogen-bond acceptors (Lipinski definition) is 9. The number of sulfone groups is 1. The molecule has 1 saturated heterocycles. The Morgan fingerprint density at radius 2 is 2.03 bits per heavy atom. The van der Waals surface area contributed by atoms with Gasteiger partial charge in [0.25, 0.3) is 5.16 Å². The molecule has 0 unspecified atom stereocenters. The molecule has 2 N–H and O–H groups in total. The summed E-state index contributed by atoms with van der Waals surface area (Å²) in [6.45, 7) is 3.15. The molecule has 34 heavy (non-hydrogen) atoms. The van der Waals surface area contributed by atoms with Crippen molar-refractivity contribution in [3.8, 4) is 0 Å². The van der Waals surface area contributed by atoms with Crippen molar-refractivity contribution in [2.75, 3.05) is 36.1 Å². The molecule has 1 aromatic carbocycles. The van der Waals surface area contributed by atoms with Gasteiger partial charge in [-0.1, -0.05) is 23.7 Å². The molecule has 5 rings (SSSR count). The highest BCUT2D eigenvalue weighted by molar-refractivity contribution is 7.90. The lowest BCUT2D eigenvalue weighted by Crippen LogP contribution is -2.48. The van der Waals surface area contributed by atoms with Crippen LogP contribution < -0.4 is 15.5 Å². The van der Waals surface area contributed by atoms with Crippen LogP contribution in [0.3, 0.4) is 0 Å². The monoisotopic (exact) mass is 500 g/mol. The van der Waals surface area contributed by atoms with Gasteiger partial charge in [-0.3, -0.25) is 4.79 Å². The van der Waals surface area contributed by atoms with E-state index >= 15 is 0 Å². The summed E-state index contributed by atoms with van der Waals surface area (Å²) in [5.74, 6) is 0.742. The number of carbonyl (C=O) groups excluding carboxylic acids is 1. The van der Waals surface area contributed by atoms with Crippen molar-refractivity contribution in [3.05, 3.63) is 47.1 Å². The number of piperazine rings is 1. The average Bonchev–Trinajstić information content (AvgIpc) is 3.27. The van der Waals surface area contributed by atoms with Crippen LogP contribution in [0.2, 0.25) is 5.02 Å². The lowest BCUT2D eigenvalue weighted by molar-refractivity contribution is -0.120. The number of halogens is 1. The van der Waals surface area contributed by atoms with Crippen molar-refractivity contribution in [1.82, 2.24) is 29.9 Å². The molecule has 1 aliphatic rings. The van der Waals surface area contributed by atoms with E-state index in [9.17, 15) is 13.2 Å². The summed E-state index contributed by atoms with van der Waals surface area (Å²) in [5, 5.41) is 11.3. The molecule has 0 aliphatic carbocycles. The molecule has 4 heterocycles. The number of pyridine rings is 1. The summed E-state index contributed by atoms with van der Waals surface area (Å²) < 4.78 is 25.7. The van der Waals surface area contributed by atoms with E-state index in [2.05, 4.69) is 25.7 Å². The van der Waals surface area contributed by atoms with Crippen molar-refractivity contribution in [1.29, 1.82) is 0 Å². The molecular weight excluding hydrogens is 480 g/mol. The molecule has 0 radical (unpaired) electrons. The summed E-state index contributed by atoms with van der Waals surface area (Å²) >= 11 is 6.41. The highest BCUT2D eigenvalue weighted by atomic mass is 35.5. The van der Waals surface area contributed by atoms with Crippen LogP contribution in [0.25, 0.3) is 16.6 Å². The Morgan fingerprint density at radius 3 is 2.79 bits per heavy atom. The van der Waals surface area contributed by atoms with E-state index in [1.807, 2.05) is 30.0 Å². The number of benzene rings is 1. The van der Waals surface area contributed by atoms with Gasteiger partial charge in [-0.15, -0.1) is 0 Å². The third-order valence-corrected chi connectivity index (χ3v) is 6.67. The number of fused-ring (bicyclic) bond motifs is 2. The average molecular weight is 501 g/mol. The number of amides is 1. The first-order valence-electron chi connectivity index (χ1n) is 10.5. The van der Waals surface area contributed by atoms with E-state index in [-0.39, 0.29) is 29.6 Å². The smallest absolute Gasteiger partial charge is 0.252 e. The maximum Gasteiger partial charge on any atom is 0.252 e. The van der Waals surface area contributed by atoms with Crippen molar-refractivity contribution >= 4 is 55.7 Å². The van der Waals surface area contributed by atoms with Crippen molar-refractivity contribution < 1.29 is 13.2 Å². The van der Waals surface area contributed by atoms with Crippen LogP contribution in [0.5, 0.6) is 0 Å². The van der Waals surface area contributed by atoms with Gasteiger partial charge in [-0.05, 0) is 19.1 Å². The van der Waals surface area contributed by atoms with Crippen molar-refractivity contribution in [2.45, 2.75) is 18.1 Å². The minimum atomic E-state index is -3.64. The predicted octanol–water partition coefficient (Wildman–Crippen LogP) is 1.84. The lowest BCUT2D eigenvalue weighted by Gasteiger charge is -2.31. The molecule has 0 saturated carbocycles. The number of carbonyl (C=O) groups is 1. The number of nitrogens with zero attached hydrogens (tertiary/aromatic N) is 6. The molecule has 0 spiro atoms. The minimum Gasteiger partial charge on any atom is -0.353 e. The van der Waals surface area contributed by atoms with Gasteiger partial charge >= 0.3 is 0 Å². The number of anilines is 2. The largest absolute Gasteiger partial charge is 0.353 e. The summed E-state index contributed by atoms with van der Waals surface area (Å²) in [5.41, 5.74) is 1.78. The Labute approximate surface area is 200 Å².